The molecule has 0 amide bonds. The van der Waals surface area contributed by atoms with Crippen LogP contribution in [0, 0.1) is 10.1 Å². The molecule has 2 unspecified atom stereocenters. The molecule has 15 heteroatoms. The Bertz CT molecular complexity index is 918. The van der Waals surface area contributed by atoms with E-state index in [-0.39, 0.29) is 17.0 Å². The number of aliphatic hydroxyl groups excluding tert-OH is 1. The Labute approximate surface area is 137 Å². The molecular weight excluding hydrogens is 363 g/mol. The quantitative estimate of drug-likeness (QED) is 0.340. The molecule has 0 bridgehead atoms. The second-order valence-electron chi connectivity index (χ2n) is 5.33. The van der Waals surface area contributed by atoms with Crippen molar-refractivity contribution < 1.29 is 33.3 Å². The van der Waals surface area contributed by atoms with Gasteiger partial charge in [-0.3, -0.25) is 9.05 Å². The summed E-state index contributed by atoms with van der Waals surface area (Å²) in [6.45, 7) is -0.557. The van der Waals surface area contributed by atoms with Crippen molar-refractivity contribution in [3.05, 3.63) is 16.4 Å². The second kappa shape index (κ2) is 5.39. The Morgan fingerprint density at radius 3 is 2.80 bits per heavy atom. The highest BCUT2D eigenvalue weighted by Gasteiger charge is 2.60. The fourth-order valence-corrected chi connectivity index (χ4v) is 4.06. The van der Waals surface area contributed by atoms with Gasteiger partial charge in [-0.15, -0.1) is 0 Å². The molecule has 2 saturated heterocycles. The summed E-state index contributed by atoms with van der Waals surface area (Å²) in [5.41, 5.74) is 5.61. The maximum atomic E-state index is 11.7. The topological polar surface area (TPSA) is 198 Å². The number of imidazole rings is 1. The Hall–Kier alpha value is -2.22. The van der Waals surface area contributed by atoms with E-state index >= 15 is 0 Å². The van der Waals surface area contributed by atoms with E-state index in [1.54, 1.807) is 0 Å². The van der Waals surface area contributed by atoms with Gasteiger partial charge in [-0.05, 0) is 4.92 Å². The minimum absolute atomic E-state index is 0.0233. The molecule has 2 aromatic heterocycles. The molecule has 0 aliphatic carbocycles. The van der Waals surface area contributed by atoms with Crippen LogP contribution in [-0.4, -0.2) is 59.4 Å². The van der Waals surface area contributed by atoms with Gasteiger partial charge in [0.25, 0.3) is 0 Å². The van der Waals surface area contributed by atoms with Crippen LogP contribution in [-0.2, 0) is 18.3 Å². The van der Waals surface area contributed by atoms with E-state index in [4.69, 9.17) is 19.5 Å². The largest absolute Gasteiger partial charge is 0.473 e. The number of aliphatic hydroxyl groups is 1. The van der Waals surface area contributed by atoms with E-state index in [0.717, 1.165) is 10.9 Å². The molecule has 2 fully saturated rings. The maximum absolute atomic E-state index is 11.7. The molecule has 5 atom stereocenters. The molecule has 14 nitrogen and oxygen atoms in total. The zero-order valence-electron chi connectivity index (χ0n) is 12.2. The van der Waals surface area contributed by atoms with E-state index < -0.39 is 49.8 Å². The van der Waals surface area contributed by atoms with Gasteiger partial charge in [0.05, 0.1) is 6.61 Å². The van der Waals surface area contributed by atoms with Crippen LogP contribution in [0.5, 0.6) is 0 Å². The lowest BCUT2D eigenvalue weighted by Gasteiger charge is -2.16. The van der Waals surface area contributed by atoms with Gasteiger partial charge >= 0.3 is 13.8 Å². The monoisotopic (exact) mass is 374 g/mol. The number of hydrogen-bond acceptors (Lipinski definition) is 11. The number of phosphoric acid groups is 1. The molecule has 4 N–H and O–H groups in total. The Balaban J connectivity index is 1.89. The number of nitrogen functional groups attached to an aromatic ring is 1. The van der Waals surface area contributed by atoms with Crippen LogP contribution in [0.15, 0.2) is 6.33 Å². The van der Waals surface area contributed by atoms with Crippen molar-refractivity contribution in [3.8, 4) is 0 Å². The van der Waals surface area contributed by atoms with Crippen molar-refractivity contribution in [2.75, 3.05) is 12.3 Å². The van der Waals surface area contributed by atoms with E-state index in [1.807, 2.05) is 0 Å². The number of rotatable bonds is 3. The van der Waals surface area contributed by atoms with Gasteiger partial charge in [-0.25, -0.2) is 14.5 Å². The van der Waals surface area contributed by atoms with Gasteiger partial charge in [-0.1, -0.05) is 4.98 Å². The Kier molecular flexibility index (Phi) is 3.50. The SMILES string of the molecule is Nc1ncnc2c1nc([N+](=O)[O-])n2[C@@H]1O[C@H](CO)C2OP(=O)(O)O[C@@H]21. The molecule has 0 radical (unpaired) electrons. The zero-order chi connectivity index (χ0) is 17.9. The summed E-state index contributed by atoms with van der Waals surface area (Å²) in [5, 5.41) is 20.8. The molecule has 25 heavy (non-hydrogen) atoms. The van der Waals surface area contributed by atoms with Gasteiger partial charge < -0.3 is 30.6 Å². The third-order valence-electron chi connectivity index (χ3n) is 3.88. The fraction of sp³-hybridized carbons (Fsp3) is 0.500. The van der Waals surface area contributed by atoms with Crippen LogP contribution < -0.4 is 5.73 Å². The van der Waals surface area contributed by atoms with Gasteiger partial charge in [0.2, 0.25) is 17.4 Å². The van der Waals surface area contributed by atoms with Crippen molar-refractivity contribution in [2.45, 2.75) is 24.5 Å². The zero-order valence-corrected chi connectivity index (χ0v) is 13.1. The van der Waals surface area contributed by atoms with Crippen LogP contribution in [0.3, 0.4) is 0 Å². The number of anilines is 1. The smallest absolute Gasteiger partial charge is 0.394 e. The molecule has 2 aliphatic heterocycles. The lowest BCUT2D eigenvalue weighted by atomic mass is 10.1. The first-order chi connectivity index (χ1) is 11.8. The lowest BCUT2D eigenvalue weighted by molar-refractivity contribution is -0.398. The van der Waals surface area contributed by atoms with Gasteiger partial charge in [0.1, 0.15) is 18.5 Å². The number of nitrogens with zero attached hydrogens (tertiary/aromatic N) is 5. The highest BCUT2D eigenvalue weighted by molar-refractivity contribution is 7.47. The first kappa shape index (κ1) is 16.3. The van der Waals surface area contributed by atoms with Crippen LogP contribution in [0.25, 0.3) is 11.2 Å². The van der Waals surface area contributed by atoms with Crippen LogP contribution in [0.4, 0.5) is 11.8 Å². The summed E-state index contributed by atoms with van der Waals surface area (Å²) in [7, 11) is -4.37. The average Bonchev–Trinajstić information content (AvgIpc) is 3.16. The van der Waals surface area contributed by atoms with E-state index in [9.17, 15) is 24.7 Å². The summed E-state index contributed by atoms with van der Waals surface area (Å²) in [5.74, 6) is -0.760. The second-order valence-corrected chi connectivity index (χ2v) is 6.69. The predicted molar refractivity (Wildman–Crippen MR) is 77.0 cm³/mol. The molecule has 0 spiro atoms. The van der Waals surface area contributed by atoms with E-state index in [1.165, 1.54) is 0 Å². The van der Waals surface area contributed by atoms with E-state index in [0.29, 0.717) is 0 Å². The molecule has 134 valence electrons. The minimum atomic E-state index is -4.37. The van der Waals surface area contributed by atoms with Gasteiger partial charge in [0, 0.05) is 0 Å². The van der Waals surface area contributed by atoms with Gasteiger partial charge in [-0.2, -0.15) is 4.57 Å². The maximum Gasteiger partial charge on any atom is 0.473 e. The lowest BCUT2D eigenvalue weighted by Crippen LogP contribution is -2.30. The van der Waals surface area contributed by atoms with Crippen LogP contribution >= 0.6 is 7.82 Å². The van der Waals surface area contributed by atoms with Crippen molar-refractivity contribution >= 4 is 30.8 Å². The number of fused-ring (bicyclic) bond motifs is 2. The predicted octanol–water partition coefficient (Wildman–Crippen LogP) is -0.909. The molecule has 2 aliphatic rings. The molecule has 4 rings (SSSR count). The van der Waals surface area contributed by atoms with Crippen molar-refractivity contribution in [1.82, 2.24) is 19.5 Å². The normalized spacial score (nSPS) is 34.5. The Morgan fingerprint density at radius 1 is 1.40 bits per heavy atom. The standard InChI is InChI=1S/C10H11N6O8P/c11-7-4-8(13-2-12-7)15(10(14-4)16(18)19)9-6-5(3(1-17)22-9)23-25(20,21)24-6/h2-3,5-6,9,17H,1H2,(H,20,21)(H2,11,12,13)/t3-,5?,6+,9-/m1/s1. The van der Waals surface area contributed by atoms with Crippen molar-refractivity contribution in [2.24, 2.45) is 0 Å². The highest BCUT2D eigenvalue weighted by Crippen LogP contribution is 2.58. The summed E-state index contributed by atoms with van der Waals surface area (Å²) in [4.78, 5) is 31.6. The van der Waals surface area contributed by atoms with Crippen LogP contribution in [0.1, 0.15) is 6.23 Å². The number of aromatic nitrogens is 4. The third kappa shape index (κ3) is 2.38. The first-order valence-electron chi connectivity index (χ1n) is 6.91. The number of nitrogens with two attached hydrogens (primary N) is 1. The number of ether oxygens (including phenoxy) is 1. The minimum Gasteiger partial charge on any atom is -0.394 e. The number of hydrogen-bond donors (Lipinski definition) is 3. The molecular formula is C10H11N6O8P. The highest BCUT2D eigenvalue weighted by atomic mass is 31.2. The van der Waals surface area contributed by atoms with Crippen molar-refractivity contribution in [3.63, 3.8) is 0 Å². The van der Waals surface area contributed by atoms with Gasteiger partial charge in [0.15, 0.2) is 11.9 Å². The molecule has 0 aromatic carbocycles. The Morgan fingerprint density at radius 2 is 2.12 bits per heavy atom. The molecule has 2 aromatic rings. The fourth-order valence-electron chi connectivity index (χ4n) is 2.91. The number of nitro groups is 1. The summed E-state index contributed by atoms with van der Waals surface area (Å²) < 4.78 is 28.1. The van der Waals surface area contributed by atoms with Crippen molar-refractivity contribution in [1.29, 1.82) is 0 Å². The average molecular weight is 374 g/mol. The molecule has 4 heterocycles. The molecule has 0 saturated carbocycles. The van der Waals surface area contributed by atoms with E-state index in [2.05, 4.69) is 15.0 Å². The third-order valence-corrected chi connectivity index (χ3v) is 4.90. The summed E-state index contributed by atoms with van der Waals surface area (Å²) >= 11 is 0. The summed E-state index contributed by atoms with van der Waals surface area (Å²) in [6, 6.07) is 0. The first-order valence-corrected chi connectivity index (χ1v) is 8.40. The van der Waals surface area contributed by atoms with Crippen LogP contribution in [0.2, 0.25) is 0 Å². The summed E-state index contributed by atoms with van der Waals surface area (Å²) in [6.07, 6.45) is -3.53. The number of phosphoric ester groups is 1.